The van der Waals surface area contributed by atoms with Crippen LogP contribution in [0.15, 0.2) is 52.3 Å². The molecular weight excluding hydrogens is 446 g/mol. The SMILES string of the molecule is CCN1CCCC1CNC(=O)c1cc(S(N)(=O)=O)cc2c1OC(CSc1ccccc1)C2. The third kappa shape index (κ3) is 5.28. The summed E-state index contributed by atoms with van der Waals surface area (Å²) in [6.45, 7) is 4.62. The minimum atomic E-state index is -3.95. The molecule has 2 aromatic rings. The van der Waals surface area contributed by atoms with E-state index in [0.29, 0.717) is 36.1 Å². The maximum Gasteiger partial charge on any atom is 0.255 e. The second kappa shape index (κ2) is 9.82. The Kier molecular flexibility index (Phi) is 7.09. The topological polar surface area (TPSA) is 102 Å². The number of likely N-dealkylation sites (tertiary alicyclic amines) is 1. The monoisotopic (exact) mass is 475 g/mol. The molecule has 7 nitrogen and oxygen atoms in total. The first-order chi connectivity index (χ1) is 15.3. The molecule has 2 atom stereocenters. The Morgan fingerprint density at radius 3 is 2.78 bits per heavy atom. The Labute approximate surface area is 193 Å². The smallest absolute Gasteiger partial charge is 0.255 e. The molecule has 9 heteroatoms. The number of ether oxygens (including phenoxy) is 1. The highest BCUT2D eigenvalue weighted by atomic mass is 32.2. The van der Waals surface area contributed by atoms with Gasteiger partial charge in [0.1, 0.15) is 11.9 Å². The van der Waals surface area contributed by atoms with E-state index in [-0.39, 0.29) is 22.5 Å². The molecule has 0 saturated carbocycles. The van der Waals surface area contributed by atoms with Crippen molar-refractivity contribution in [1.29, 1.82) is 0 Å². The van der Waals surface area contributed by atoms with E-state index in [2.05, 4.69) is 17.1 Å². The molecule has 1 fully saturated rings. The second-order valence-corrected chi connectivity index (χ2v) is 10.9. The van der Waals surface area contributed by atoms with Crippen molar-refractivity contribution in [2.45, 2.75) is 48.1 Å². The Morgan fingerprint density at radius 1 is 1.28 bits per heavy atom. The van der Waals surface area contributed by atoms with Crippen LogP contribution in [0.1, 0.15) is 35.7 Å². The van der Waals surface area contributed by atoms with Crippen molar-refractivity contribution in [2.24, 2.45) is 5.14 Å². The lowest BCUT2D eigenvalue weighted by Crippen LogP contribution is -2.40. The highest BCUT2D eigenvalue weighted by Crippen LogP contribution is 2.36. The maximum absolute atomic E-state index is 13.1. The van der Waals surface area contributed by atoms with Gasteiger partial charge >= 0.3 is 0 Å². The number of sulfonamides is 1. The van der Waals surface area contributed by atoms with Gasteiger partial charge in [0.2, 0.25) is 10.0 Å². The van der Waals surface area contributed by atoms with Gasteiger partial charge in [0.15, 0.2) is 0 Å². The van der Waals surface area contributed by atoms with E-state index in [0.717, 1.165) is 30.8 Å². The van der Waals surface area contributed by atoms with E-state index in [9.17, 15) is 13.2 Å². The fourth-order valence-electron chi connectivity index (χ4n) is 4.38. The summed E-state index contributed by atoms with van der Waals surface area (Å²) >= 11 is 1.67. The average Bonchev–Trinajstić information content (AvgIpc) is 3.41. The van der Waals surface area contributed by atoms with Crippen molar-refractivity contribution in [3.8, 4) is 5.75 Å². The first-order valence-electron chi connectivity index (χ1n) is 10.9. The Hall–Kier alpha value is -2.07. The highest BCUT2D eigenvalue weighted by Gasteiger charge is 2.31. The predicted octanol–water partition coefficient (Wildman–Crippen LogP) is 2.64. The normalized spacial score (nSPS) is 20.7. The van der Waals surface area contributed by atoms with Crippen molar-refractivity contribution in [3.05, 3.63) is 53.6 Å². The lowest BCUT2D eigenvalue weighted by molar-refractivity contribution is 0.0936. The molecule has 2 aliphatic rings. The summed E-state index contributed by atoms with van der Waals surface area (Å²) in [5, 5.41) is 8.37. The molecule has 4 rings (SSSR count). The molecule has 0 spiro atoms. The largest absolute Gasteiger partial charge is 0.488 e. The summed E-state index contributed by atoms with van der Waals surface area (Å²) in [5.41, 5.74) is 0.941. The van der Waals surface area contributed by atoms with Gasteiger partial charge in [-0.15, -0.1) is 11.8 Å². The van der Waals surface area contributed by atoms with Gasteiger partial charge in [0.05, 0.1) is 10.5 Å². The third-order valence-electron chi connectivity index (χ3n) is 6.03. The van der Waals surface area contributed by atoms with Crippen LogP contribution in [0.2, 0.25) is 0 Å². The quantitative estimate of drug-likeness (QED) is 0.569. The van der Waals surface area contributed by atoms with Crippen LogP contribution in [0, 0.1) is 0 Å². The zero-order valence-electron chi connectivity index (χ0n) is 18.1. The summed E-state index contributed by atoms with van der Waals surface area (Å²) in [6.07, 6.45) is 2.54. The van der Waals surface area contributed by atoms with Gasteiger partial charge in [0.25, 0.3) is 5.91 Å². The van der Waals surface area contributed by atoms with E-state index in [1.54, 1.807) is 11.8 Å². The van der Waals surface area contributed by atoms with E-state index in [1.165, 1.54) is 12.1 Å². The van der Waals surface area contributed by atoms with Gasteiger partial charge in [0, 0.05) is 35.2 Å². The molecule has 2 unspecified atom stereocenters. The standard InChI is InChI=1S/C23H29N3O4S2/c1-2-26-10-6-7-17(26)14-25-23(27)21-13-20(32(24,28)29)12-16-11-18(30-22(16)21)15-31-19-8-4-3-5-9-19/h3-5,8-9,12-13,17-18H,2,6-7,10-11,14-15H2,1H3,(H,25,27)(H2,24,28,29). The van der Waals surface area contributed by atoms with Crippen molar-refractivity contribution in [1.82, 2.24) is 10.2 Å². The number of fused-ring (bicyclic) bond motifs is 1. The summed E-state index contributed by atoms with van der Waals surface area (Å²) < 4.78 is 30.2. The van der Waals surface area contributed by atoms with Crippen LogP contribution in [-0.4, -0.2) is 56.8 Å². The van der Waals surface area contributed by atoms with Gasteiger partial charge in [-0.2, -0.15) is 0 Å². The Morgan fingerprint density at radius 2 is 2.06 bits per heavy atom. The number of thioether (sulfide) groups is 1. The van der Waals surface area contributed by atoms with Crippen LogP contribution in [0.25, 0.3) is 0 Å². The number of hydrogen-bond donors (Lipinski definition) is 2. The van der Waals surface area contributed by atoms with Gasteiger partial charge in [-0.25, -0.2) is 13.6 Å². The number of nitrogens with two attached hydrogens (primary N) is 1. The number of amides is 1. The average molecular weight is 476 g/mol. The fraction of sp³-hybridized carbons (Fsp3) is 0.435. The van der Waals surface area contributed by atoms with Crippen LogP contribution in [-0.2, 0) is 16.4 Å². The minimum absolute atomic E-state index is 0.0580. The Balaban J connectivity index is 1.51. The number of primary sulfonamides is 1. The lowest BCUT2D eigenvalue weighted by atomic mass is 10.1. The van der Waals surface area contributed by atoms with Crippen molar-refractivity contribution < 1.29 is 17.9 Å². The molecule has 0 radical (unpaired) electrons. The maximum atomic E-state index is 13.1. The van der Waals surface area contributed by atoms with E-state index in [1.807, 2.05) is 30.3 Å². The van der Waals surface area contributed by atoms with Gasteiger partial charge in [-0.1, -0.05) is 25.1 Å². The first-order valence-corrected chi connectivity index (χ1v) is 13.4. The second-order valence-electron chi connectivity index (χ2n) is 8.21. The number of hydrogen-bond acceptors (Lipinski definition) is 6. The number of carbonyl (C=O) groups is 1. The number of benzene rings is 2. The van der Waals surface area contributed by atoms with Gasteiger partial charge in [-0.3, -0.25) is 9.69 Å². The molecule has 2 heterocycles. The number of rotatable bonds is 8. The molecule has 1 amide bonds. The van der Waals surface area contributed by atoms with Crippen molar-refractivity contribution >= 4 is 27.7 Å². The van der Waals surface area contributed by atoms with Gasteiger partial charge in [-0.05, 0) is 50.2 Å². The number of nitrogens with zero attached hydrogens (tertiary/aromatic N) is 1. The third-order valence-corrected chi connectivity index (χ3v) is 8.06. The van der Waals surface area contributed by atoms with Crippen LogP contribution in [0.4, 0.5) is 0 Å². The minimum Gasteiger partial charge on any atom is -0.488 e. The summed E-state index contributed by atoms with van der Waals surface area (Å²) in [5.74, 6) is 0.830. The molecule has 0 aromatic heterocycles. The fourth-order valence-corrected chi connectivity index (χ4v) is 5.89. The number of likely N-dealkylation sites (N-methyl/N-ethyl adjacent to an activating group) is 1. The summed E-state index contributed by atoms with van der Waals surface area (Å²) in [4.78, 5) is 16.5. The van der Waals surface area contributed by atoms with E-state index in [4.69, 9.17) is 9.88 Å². The lowest BCUT2D eigenvalue weighted by Gasteiger charge is -2.23. The number of nitrogens with one attached hydrogen (secondary N) is 1. The summed E-state index contributed by atoms with van der Waals surface area (Å²) in [6, 6.07) is 13.2. The summed E-state index contributed by atoms with van der Waals surface area (Å²) in [7, 11) is -3.95. The molecule has 0 aliphatic carbocycles. The van der Waals surface area contributed by atoms with E-state index < -0.39 is 10.0 Å². The molecule has 172 valence electrons. The zero-order valence-corrected chi connectivity index (χ0v) is 19.8. The molecular formula is C23H29N3O4S2. The predicted molar refractivity (Wildman–Crippen MR) is 126 cm³/mol. The molecule has 0 bridgehead atoms. The van der Waals surface area contributed by atoms with Gasteiger partial charge < -0.3 is 10.1 Å². The molecule has 1 saturated heterocycles. The van der Waals surface area contributed by atoms with Crippen LogP contribution >= 0.6 is 11.8 Å². The molecule has 2 aromatic carbocycles. The van der Waals surface area contributed by atoms with Crippen molar-refractivity contribution in [3.63, 3.8) is 0 Å². The molecule has 2 aliphatic heterocycles. The first kappa shape index (κ1) is 23.1. The van der Waals surface area contributed by atoms with E-state index >= 15 is 0 Å². The van der Waals surface area contributed by atoms with Crippen LogP contribution < -0.4 is 15.2 Å². The van der Waals surface area contributed by atoms with Crippen LogP contribution in [0.5, 0.6) is 5.75 Å². The molecule has 3 N–H and O–H groups in total. The zero-order chi connectivity index (χ0) is 22.7. The highest BCUT2D eigenvalue weighted by molar-refractivity contribution is 7.99. The van der Waals surface area contributed by atoms with Crippen LogP contribution in [0.3, 0.4) is 0 Å². The van der Waals surface area contributed by atoms with Crippen molar-refractivity contribution in [2.75, 3.05) is 25.4 Å². The number of carbonyl (C=O) groups excluding carboxylic acids is 1. The Bertz CT molecular complexity index is 1080. The molecule has 32 heavy (non-hydrogen) atoms.